The highest BCUT2D eigenvalue weighted by Crippen LogP contribution is 2.21. The molecule has 6 heteroatoms. The lowest BCUT2D eigenvalue weighted by Crippen LogP contribution is -2.23. The minimum Gasteiger partial charge on any atom is -0.391 e. The Labute approximate surface area is 113 Å². The Morgan fingerprint density at radius 3 is 2.95 bits per heavy atom. The lowest BCUT2D eigenvalue weighted by atomic mass is 10.3. The van der Waals surface area contributed by atoms with Crippen LogP contribution in [0.2, 0.25) is 0 Å². The lowest BCUT2D eigenvalue weighted by Gasteiger charge is -2.18. The Hall–Kier alpha value is -1.40. The number of hydrogen-bond acceptors (Lipinski definition) is 6. The Morgan fingerprint density at radius 2 is 2.32 bits per heavy atom. The van der Waals surface area contributed by atoms with Gasteiger partial charge < -0.3 is 20.1 Å². The average Bonchev–Trinajstić information content (AvgIpc) is 2.83. The standard InChI is InChI=1S/C13H22N4O2/c1-3-14-11-7-13(17-6-5-10(18)8-17)16-12(15-11)9-19-4-2/h7,10,18H,3-6,8-9H2,1-2H3,(H,14,15,16). The first-order valence-electron chi connectivity index (χ1n) is 6.85. The molecule has 0 amide bonds. The van der Waals surface area contributed by atoms with Gasteiger partial charge in [0.25, 0.3) is 0 Å². The van der Waals surface area contributed by atoms with E-state index in [1.165, 1.54) is 0 Å². The summed E-state index contributed by atoms with van der Waals surface area (Å²) in [4.78, 5) is 11.0. The summed E-state index contributed by atoms with van der Waals surface area (Å²) in [5, 5.41) is 12.8. The van der Waals surface area contributed by atoms with Crippen molar-refractivity contribution in [3.8, 4) is 0 Å². The maximum atomic E-state index is 9.62. The van der Waals surface area contributed by atoms with E-state index in [9.17, 15) is 5.11 Å². The molecule has 0 aliphatic carbocycles. The molecular formula is C13H22N4O2. The van der Waals surface area contributed by atoms with Crippen LogP contribution in [0.1, 0.15) is 26.1 Å². The largest absolute Gasteiger partial charge is 0.391 e. The third-order valence-electron chi connectivity index (χ3n) is 3.04. The Bertz CT molecular complexity index is 414. The van der Waals surface area contributed by atoms with Gasteiger partial charge in [-0.2, -0.15) is 0 Å². The molecule has 2 rings (SSSR count). The lowest BCUT2D eigenvalue weighted by molar-refractivity contribution is 0.128. The van der Waals surface area contributed by atoms with E-state index in [1.54, 1.807) is 0 Å². The number of β-amino-alcohol motifs (C(OH)–C–C–N with tert-alkyl or cyclic N) is 1. The number of nitrogens with one attached hydrogen (secondary N) is 1. The molecule has 1 saturated heterocycles. The van der Waals surface area contributed by atoms with Crippen molar-refractivity contribution >= 4 is 11.6 Å². The summed E-state index contributed by atoms with van der Waals surface area (Å²) in [6, 6.07) is 1.93. The molecule has 0 aromatic carbocycles. The molecule has 0 saturated carbocycles. The smallest absolute Gasteiger partial charge is 0.158 e. The van der Waals surface area contributed by atoms with Crippen LogP contribution in [-0.4, -0.2) is 47.4 Å². The first kappa shape index (κ1) is 14.0. The van der Waals surface area contributed by atoms with Crippen LogP contribution in [-0.2, 0) is 11.3 Å². The zero-order valence-corrected chi connectivity index (χ0v) is 11.6. The molecule has 1 aromatic rings. The van der Waals surface area contributed by atoms with Crippen molar-refractivity contribution in [1.29, 1.82) is 0 Å². The van der Waals surface area contributed by atoms with E-state index in [-0.39, 0.29) is 6.10 Å². The number of nitrogens with zero attached hydrogens (tertiary/aromatic N) is 3. The Morgan fingerprint density at radius 1 is 1.47 bits per heavy atom. The third kappa shape index (κ3) is 3.78. The van der Waals surface area contributed by atoms with Gasteiger partial charge in [-0.05, 0) is 20.3 Å². The summed E-state index contributed by atoms with van der Waals surface area (Å²) < 4.78 is 5.37. The van der Waals surface area contributed by atoms with Gasteiger partial charge in [-0.25, -0.2) is 9.97 Å². The summed E-state index contributed by atoms with van der Waals surface area (Å²) >= 11 is 0. The quantitative estimate of drug-likeness (QED) is 0.801. The summed E-state index contributed by atoms with van der Waals surface area (Å²) in [6.07, 6.45) is 0.536. The molecule has 0 spiro atoms. The molecule has 1 unspecified atom stereocenters. The predicted molar refractivity (Wildman–Crippen MR) is 74.4 cm³/mol. The van der Waals surface area contributed by atoms with E-state index in [1.807, 2.05) is 19.9 Å². The normalized spacial score (nSPS) is 18.9. The first-order valence-corrected chi connectivity index (χ1v) is 6.85. The van der Waals surface area contributed by atoms with Crippen molar-refractivity contribution in [2.24, 2.45) is 0 Å². The van der Waals surface area contributed by atoms with E-state index in [0.29, 0.717) is 25.6 Å². The molecule has 2 heterocycles. The fourth-order valence-electron chi connectivity index (χ4n) is 2.12. The van der Waals surface area contributed by atoms with Gasteiger partial charge >= 0.3 is 0 Å². The molecule has 1 fully saturated rings. The minimum absolute atomic E-state index is 0.257. The first-order chi connectivity index (χ1) is 9.22. The highest BCUT2D eigenvalue weighted by atomic mass is 16.5. The van der Waals surface area contributed by atoms with Gasteiger partial charge in [0.2, 0.25) is 0 Å². The molecule has 1 aliphatic heterocycles. The van der Waals surface area contributed by atoms with E-state index < -0.39 is 0 Å². The van der Waals surface area contributed by atoms with Crippen molar-refractivity contribution in [2.75, 3.05) is 36.5 Å². The van der Waals surface area contributed by atoms with Crippen molar-refractivity contribution in [1.82, 2.24) is 9.97 Å². The van der Waals surface area contributed by atoms with Crippen LogP contribution in [0.25, 0.3) is 0 Å². The maximum Gasteiger partial charge on any atom is 0.158 e. The SMILES string of the molecule is CCNc1cc(N2CCC(O)C2)nc(COCC)n1. The average molecular weight is 266 g/mol. The molecule has 1 aromatic heterocycles. The molecule has 0 bridgehead atoms. The summed E-state index contributed by atoms with van der Waals surface area (Å²) in [5.74, 6) is 2.34. The molecule has 0 radical (unpaired) electrons. The van der Waals surface area contributed by atoms with E-state index >= 15 is 0 Å². The molecular weight excluding hydrogens is 244 g/mol. The second kappa shape index (κ2) is 6.68. The summed E-state index contributed by atoms with van der Waals surface area (Å²) in [6.45, 7) is 7.32. The van der Waals surface area contributed by atoms with Gasteiger partial charge in [0.05, 0.1) is 6.10 Å². The van der Waals surface area contributed by atoms with Gasteiger partial charge in [0.1, 0.15) is 18.2 Å². The summed E-state index contributed by atoms with van der Waals surface area (Å²) in [5.41, 5.74) is 0. The van der Waals surface area contributed by atoms with Crippen molar-refractivity contribution in [3.05, 3.63) is 11.9 Å². The zero-order valence-electron chi connectivity index (χ0n) is 11.6. The van der Waals surface area contributed by atoms with E-state index in [0.717, 1.165) is 31.1 Å². The Kier molecular flexibility index (Phi) is 4.93. The van der Waals surface area contributed by atoms with Crippen LogP contribution >= 0.6 is 0 Å². The molecule has 6 nitrogen and oxygen atoms in total. The van der Waals surface area contributed by atoms with Crippen molar-refractivity contribution in [2.45, 2.75) is 33.0 Å². The van der Waals surface area contributed by atoms with Gasteiger partial charge in [-0.1, -0.05) is 0 Å². The maximum absolute atomic E-state index is 9.62. The highest BCUT2D eigenvalue weighted by molar-refractivity contribution is 5.50. The van der Waals surface area contributed by atoms with E-state index in [2.05, 4.69) is 20.2 Å². The number of anilines is 2. The molecule has 19 heavy (non-hydrogen) atoms. The van der Waals surface area contributed by atoms with Gasteiger partial charge in [0, 0.05) is 32.3 Å². The van der Waals surface area contributed by atoms with Crippen LogP contribution in [0.15, 0.2) is 6.07 Å². The number of aromatic nitrogens is 2. The van der Waals surface area contributed by atoms with Crippen LogP contribution in [0.5, 0.6) is 0 Å². The topological polar surface area (TPSA) is 70.5 Å². The van der Waals surface area contributed by atoms with Gasteiger partial charge in [-0.3, -0.25) is 0 Å². The molecule has 1 atom stereocenters. The fraction of sp³-hybridized carbons (Fsp3) is 0.692. The van der Waals surface area contributed by atoms with Crippen LogP contribution < -0.4 is 10.2 Å². The molecule has 2 N–H and O–H groups in total. The number of ether oxygens (including phenoxy) is 1. The van der Waals surface area contributed by atoms with Gasteiger partial charge in [-0.15, -0.1) is 0 Å². The highest BCUT2D eigenvalue weighted by Gasteiger charge is 2.22. The van der Waals surface area contributed by atoms with Gasteiger partial charge in [0.15, 0.2) is 5.82 Å². The molecule has 1 aliphatic rings. The number of aliphatic hydroxyl groups is 1. The monoisotopic (exact) mass is 266 g/mol. The van der Waals surface area contributed by atoms with E-state index in [4.69, 9.17) is 4.74 Å². The van der Waals surface area contributed by atoms with Crippen molar-refractivity contribution < 1.29 is 9.84 Å². The number of hydrogen-bond donors (Lipinski definition) is 2. The van der Waals surface area contributed by atoms with Crippen LogP contribution in [0, 0.1) is 0 Å². The minimum atomic E-state index is -0.257. The summed E-state index contributed by atoms with van der Waals surface area (Å²) in [7, 11) is 0. The predicted octanol–water partition coefficient (Wildman–Crippen LogP) is 1.02. The van der Waals surface area contributed by atoms with Crippen molar-refractivity contribution in [3.63, 3.8) is 0 Å². The second-order valence-corrected chi connectivity index (χ2v) is 4.58. The van der Waals surface area contributed by atoms with Crippen LogP contribution in [0.4, 0.5) is 11.6 Å². The Balaban J connectivity index is 2.18. The third-order valence-corrected chi connectivity index (χ3v) is 3.04. The fourth-order valence-corrected chi connectivity index (χ4v) is 2.12. The number of rotatable bonds is 6. The number of aliphatic hydroxyl groups excluding tert-OH is 1. The zero-order chi connectivity index (χ0) is 13.7. The molecule has 106 valence electrons. The van der Waals surface area contributed by atoms with Crippen LogP contribution in [0.3, 0.4) is 0 Å². The second-order valence-electron chi connectivity index (χ2n) is 4.58.